The van der Waals surface area contributed by atoms with E-state index in [9.17, 15) is 14.7 Å². The van der Waals surface area contributed by atoms with E-state index in [-0.39, 0.29) is 18.3 Å². The molecule has 0 spiro atoms. The van der Waals surface area contributed by atoms with Crippen molar-refractivity contribution in [2.45, 2.75) is 32.4 Å². The first kappa shape index (κ1) is 19.8. The van der Waals surface area contributed by atoms with Crippen LogP contribution in [0.2, 0.25) is 0 Å². The molecule has 0 bridgehead atoms. The SMILES string of the molecule is CCO[C@@H](Cc1cccc(C(C)=O)c1)C(=O)N[C@@H](CO)c1ccccc1. The first-order chi connectivity index (χ1) is 12.5. The number of hydrogen-bond donors (Lipinski definition) is 2. The maximum atomic E-state index is 12.7. The highest BCUT2D eigenvalue weighted by Crippen LogP contribution is 2.14. The lowest BCUT2D eigenvalue weighted by Gasteiger charge is -2.22. The van der Waals surface area contributed by atoms with E-state index in [1.807, 2.05) is 43.3 Å². The van der Waals surface area contributed by atoms with Crippen molar-refractivity contribution in [3.63, 3.8) is 0 Å². The molecule has 2 N–H and O–H groups in total. The maximum Gasteiger partial charge on any atom is 0.250 e. The molecule has 0 saturated heterocycles. The number of aliphatic hydroxyl groups excluding tert-OH is 1. The van der Waals surface area contributed by atoms with Crippen molar-refractivity contribution >= 4 is 11.7 Å². The fourth-order valence-corrected chi connectivity index (χ4v) is 2.74. The number of carbonyl (C=O) groups excluding carboxylic acids is 2. The van der Waals surface area contributed by atoms with Crippen LogP contribution in [0.5, 0.6) is 0 Å². The third kappa shape index (κ3) is 5.51. The fourth-order valence-electron chi connectivity index (χ4n) is 2.74. The molecule has 26 heavy (non-hydrogen) atoms. The van der Waals surface area contributed by atoms with Gasteiger partial charge in [-0.1, -0.05) is 48.5 Å². The Labute approximate surface area is 154 Å². The summed E-state index contributed by atoms with van der Waals surface area (Å²) in [5, 5.41) is 12.5. The van der Waals surface area contributed by atoms with Gasteiger partial charge in [0.05, 0.1) is 12.6 Å². The van der Waals surface area contributed by atoms with Crippen LogP contribution in [0.1, 0.15) is 41.4 Å². The van der Waals surface area contributed by atoms with Crippen LogP contribution in [0.25, 0.3) is 0 Å². The molecule has 5 nitrogen and oxygen atoms in total. The highest BCUT2D eigenvalue weighted by Gasteiger charge is 2.23. The van der Waals surface area contributed by atoms with E-state index in [0.717, 1.165) is 11.1 Å². The lowest BCUT2D eigenvalue weighted by Crippen LogP contribution is -2.41. The molecule has 138 valence electrons. The number of rotatable bonds is 9. The van der Waals surface area contributed by atoms with Crippen molar-refractivity contribution in [2.75, 3.05) is 13.2 Å². The van der Waals surface area contributed by atoms with Gasteiger partial charge in [-0.2, -0.15) is 0 Å². The summed E-state index contributed by atoms with van der Waals surface area (Å²) in [6, 6.07) is 16.0. The van der Waals surface area contributed by atoms with Gasteiger partial charge in [0, 0.05) is 18.6 Å². The number of benzene rings is 2. The van der Waals surface area contributed by atoms with Gasteiger partial charge in [-0.05, 0) is 31.0 Å². The maximum absolute atomic E-state index is 12.7. The average molecular weight is 355 g/mol. The molecule has 0 aromatic heterocycles. The Bertz CT molecular complexity index is 730. The monoisotopic (exact) mass is 355 g/mol. The van der Waals surface area contributed by atoms with E-state index in [1.165, 1.54) is 6.92 Å². The predicted octanol–water partition coefficient (Wildman–Crippen LogP) is 2.69. The molecule has 0 aliphatic rings. The molecule has 2 atom stereocenters. The van der Waals surface area contributed by atoms with Gasteiger partial charge < -0.3 is 15.2 Å². The summed E-state index contributed by atoms with van der Waals surface area (Å²) in [6.45, 7) is 3.53. The summed E-state index contributed by atoms with van der Waals surface area (Å²) in [5.74, 6) is -0.309. The van der Waals surface area contributed by atoms with Gasteiger partial charge in [0.1, 0.15) is 6.10 Å². The molecule has 0 radical (unpaired) electrons. The van der Waals surface area contributed by atoms with Gasteiger partial charge in [-0.25, -0.2) is 0 Å². The first-order valence-corrected chi connectivity index (χ1v) is 8.72. The van der Waals surface area contributed by atoms with E-state index in [1.54, 1.807) is 18.2 Å². The van der Waals surface area contributed by atoms with Crippen LogP contribution in [0.4, 0.5) is 0 Å². The van der Waals surface area contributed by atoms with Crippen molar-refractivity contribution in [1.29, 1.82) is 0 Å². The van der Waals surface area contributed by atoms with Crippen molar-refractivity contribution in [3.8, 4) is 0 Å². The number of carbonyl (C=O) groups is 2. The van der Waals surface area contributed by atoms with Crippen LogP contribution in [0.15, 0.2) is 54.6 Å². The second kappa shape index (κ2) is 9.85. The van der Waals surface area contributed by atoms with Crippen LogP contribution >= 0.6 is 0 Å². The van der Waals surface area contributed by atoms with Gasteiger partial charge in [-0.3, -0.25) is 9.59 Å². The molecular formula is C21H25NO4. The minimum absolute atomic E-state index is 0.0197. The first-order valence-electron chi connectivity index (χ1n) is 8.72. The molecule has 0 aliphatic heterocycles. The normalized spacial score (nSPS) is 13.0. The Hall–Kier alpha value is -2.50. The zero-order chi connectivity index (χ0) is 18.9. The molecule has 5 heteroatoms. The lowest BCUT2D eigenvalue weighted by atomic mass is 10.0. The molecule has 2 rings (SSSR count). The van der Waals surface area contributed by atoms with Crippen LogP contribution in [0.3, 0.4) is 0 Å². The fraction of sp³-hybridized carbons (Fsp3) is 0.333. The van der Waals surface area contributed by atoms with Crippen molar-refractivity contribution in [1.82, 2.24) is 5.32 Å². The zero-order valence-electron chi connectivity index (χ0n) is 15.1. The van der Waals surface area contributed by atoms with E-state index >= 15 is 0 Å². The van der Waals surface area contributed by atoms with E-state index in [2.05, 4.69) is 5.32 Å². The van der Waals surface area contributed by atoms with Gasteiger partial charge in [-0.15, -0.1) is 0 Å². The Balaban J connectivity index is 2.11. The molecule has 2 aromatic rings. The molecule has 2 aromatic carbocycles. The number of hydrogen-bond acceptors (Lipinski definition) is 4. The highest BCUT2D eigenvalue weighted by molar-refractivity contribution is 5.94. The number of aliphatic hydroxyl groups is 1. The molecular weight excluding hydrogens is 330 g/mol. The van der Waals surface area contributed by atoms with E-state index in [0.29, 0.717) is 18.6 Å². The molecule has 1 amide bonds. The topological polar surface area (TPSA) is 75.6 Å². The highest BCUT2D eigenvalue weighted by atomic mass is 16.5. The van der Waals surface area contributed by atoms with Crippen LogP contribution < -0.4 is 5.32 Å². The smallest absolute Gasteiger partial charge is 0.250 e. The summed E-state index contributed by atoms with van der Waals surface area (Å²) in [4.78, 5) is 24.2. The average Bonchev–Trinajstić information content (AvgIpc) is 2.66. The minimum Gasteiger partial charge on any atom is -0.394 e. The van der Waals surface area contributed by atoms with Crippen molar-refractivity contribution < 1.29 is 19.4 Å². The third-order valence-electron chi connectivity index (χ3n) is 4.12. The third-order valence-corrected chi connectivity index (χ3v) is 4.12. The quantitative estimate of drug-likeness (QED) is 0.678. The standard InChI is InChI=1S/C21H25NO4/c1-3-26-20(13-16-8-7-11-18(12-16)15(2)24)21(25)22-19(14-23)17-9-5-4-6-10-17/h4-12,19-20,23H,3,13-14H2,1-2H3,(H,22,25)/t19-,20-/m0/s1. The summed E-state index contributed by atoms with van der Waals surface area (Å²) >= 11 is 0. The number of nitrogens with one attached hydrogen (secondary N) is 1. The molecule has 0 unspecified atom stereocenters. The number of ether oxygens (including phenoxy) is 1. The van der Waals surface area contributed by atoms with Gasteiger partial charge in [0.15, 0.2) is 5.78 Å². The number of Topliss-reactive ketones (excluding diaryl/α,β-unsaturated/α-hetero) is 1. The van der Waals surface area contributed by atoms with Crippen LogP contribution in [-0.2, 0) is 16.0 Å². The second-order valence-electron chi connectivity index (χ2n) is 6.06. The number of amides is 1. The minimum atomic E-state index is -0.694. The molecule has 0 aliphatic carbocycles. The van der Waals surface area contributed by atoms with Gasteiger partial charge in [0.25, 0.3) is 0 Å². The Morgan fingerprint density at radius 1 is 1.12 bits per heavy atom. The predicted molar refractivity (Wildman–Crippen MR) is 100.0 cm³/mol. The summed E-state index contributed by atoms with van der Waals surface area (Å²) < 4.78 is 5.61. The largest absolute Gasteiger partial charge is 0.394 e. The van der Waals surface area contributed by atoms with Crippen molar-refractivity contribution in [2.24, 2.45) is 0 Å². The Morgan fingerprint density at radius 3 is 2.46 bits per heavy atom. The van der Waals surface area contributed by atoms with Crippen molar-refractivity contribution in [3.05, 3.63) is 71.3 Å². The van der Waals surface area contributed by atoms with Crippen LogP contribution in [0, 0.1) is 0 Å². The summed E-state index contributed by atoms with van der Waals surface area (Å²) in [5.41, 5.74) is 2.29. The van der Waals surface area contributed by atoms with Gasteiger partial charge >= 0.3 is 0 Å². The molecule has 0 fully saturated rings. The zero-order valence-corrected chi connectivity index (χ0v) is 15.1. The van der Waals surface area contributed by atoms with Crippen LogP contribution in [-0.4, -0.2) is 36.1 Å². The van der Waals surface area contributed by atoms with E-state index < -0.39 is 12.1 Å². The van der Waals surface area contributed by atoms with E-state index in [4.69, 9.17) is 4.74 Å². The Morgan fingerprint density at radius 2 is 1.85 bits per heavy atom. The second-order valence-corrected chi connectivity index (χ2v) is 6.06. The summed E-state index contributed by atoms with van der Waals surface area (Å²) in [7, 11) is 0. The Kier molecular flexibility index (Phi) is 7.51. The number of ketones is 1. The lowest BCUT2D eigenvalue weighted by molar-refractivity contribution is -0.133. The van der Waals surface area contributed by atoms with Gasteiger partial charge in [0.2, 0.25) is 5.91 Å². The molecule has 0 saturated carbocycles. The molecule has 0 heterocycles. The summed E-state index contributed by atoms with van der Waals surface area (Å²) in [6.07, 6.45) is -0.340.